The first kappa shape index (κ1) is 8.34. The summed E-state index contributed by atoms with van der Waals surface area (Å²) in [5.74, 6) is 0. The topological polar surface area (TPSA) is 65.7 Å². The van der Waals surface area contributed by atoms with Crippen LogP contribution in [0.4, 0.5) is 0 Å². The van der Waals surface area contributed by atoms with E-state index in [1.807, 2.05) is 0 Å². The van der Waals surface area contributed by atoms with Crippen LogP contribution in [0.25, 0.3) is 0 Å². The van der Waals surface area contributed by atoms with Gasteiger partial charge < -0.3 is 0 Å². The van der Waals surface area contributed by atoms with E-state index in [1.165, 1.54) is 6.20 Å². The molecule has 0 aromatic carbocycles. The van der Waals surface area contributed by atoms with Crippen LogP contribution in [0.3, 0.4) is 0 Å². The fraction of sp³-hybridized carbons (Fsp3) is 0.333. The van der Waals surface area contributed by atoms with E-state index in [4.69, 9.17) is 0 Å². The van der Waals surface area contributed by atoms with E-state index in [0.29, 0.717) is 5.56 Å². The summed E-state index contributed by atoms with van der Waals surface area (Å²) in [6.07, 6.45) is 1.49. The molecule has 11 heavy (non-hydrogen) atoms. The standard InChI is InChI=1S/C6H9AsN2O2/c1-7-2-4-3-8-6(11)9-5(4)10/h3,7H,2H2,1H3,(H2,8,9,10,11). The molecule has 1 heterocycles. The van der Waals surface area contributed by atoms with Crippen LogP contribution in [0.5, 0.6) is 0 Å². The van der Waals surface area contributed by atoms with E-state index in [9.17, 15) is 9.59 Å². The van der Waals surface area contributed by atoms with Crippen molar-refractivity contribution in [2.45, 2.75) is 10.9 Å². The van der Waals surface area contributed by atoms with Crippen LogP contribution < -0.4 is 11.2 Å². The summed E-state index contributed by atoms with van der Waals surface area (Å²) in [6, 6.07) is 0. The molecule has 2 N–H and O–H groups in total. The Morgan fingerprint density at radius 1 is 1.55 bits per heavy atom. The summed E-state index contributed by atoms with van der Waals surface area (Å²) in [5.41, 5.74) is 2.10. The Kier molecular flexibility index (Phi) is 2.71. The van der Waals surface area contributed by atoms with E-state index >= 15 is 0 Å². The third-order valence-electron chi connectivity index (χ3n) is 1.26. The Balaban J connectivity index is 3.10. The van der Waals surface area contributed by atoms with Crippen LogP contribution in [-0.4, -0.2) is 25.7 Å². The van der Waals surface area contributed by atoms with Gasteiger partial charge in [0.25, 0.3) is 0 Å². The Bertz CT molecular complexity index is 341. The van der Waals surface area contributed by atoms with E-state index in [1.54, 1.807) is 0 Å². The monoisotopic (exact) mass is 216 g/mol. The summed E-state index contributed by atoms with van der Waals surface area (Å²) >= 11 is -0.0542. The van der Waals surface area contributed by atoms with Crippen molar-refractivity contribution in [1.29, 1.82) is 0 Å². The SMILES string of the molecule is C[AsH]Cc1c[nH]c(=O)[nH]c1=O. The maximum atomic E-state index is 11.0. The molecule has 0 amide bonds. The zero-order chi connectivity index (χ0) is 8.27. The van der Waals surface area contributed by atoms with Gasteiger partial charge in [0.05, 0.1) is 0 Å². The van der Waals surface area contributed by atoms with E-state index in [-0.39, 0.29) is 21.3 Å². The first-order chi connectivity index (χ1) is 5.24. The van der Waals surface area contributed by atoms with Crippen molar-refractivity contribution in [2.75, 3.05) is 0 Å². The minimum atomic E-state index is -0.435. The van der Waals surface area contributed by atoms with Crippen LogP contribution in [0.15, 0.2) is 15.8 Å². The molecule has 0 aliphatic heterocycles. The summed E-state index contributed by atoms with van der Waals surface area (Å²) in [5, 5.41) is 0.826. The third kappa shape index (κ3) is 2.08. The average Bonchev–Trinajstić information content (AvgIpc) is 1.95. The quantitative estimate of drug-likeness (QED) is 0.626. The molecule has 0 bridgehead atoms. The Morgan fingerprint density at radius 3 is 2.82 bits per heavy atom. The molecule has 0 aliphatic carbocycles. The van der Waals surface area contributed by atoms with Crippen molar-refractivity contribution in [1.82, 2.24) is 9.97 Å². The fourth-order valence-electron chi connectivity index (χ4n) is 0.759. The van der Waals surface area contributed by atoms with Gasteiger partial charge in [-0.3, -0.25) is 0 Å². The molecule has 4 nitrogen and oxygen atoms in total. The van der Waals surface area contributed by atoms with E-state index < -0.39 is 5.69 Å². The van der Waals surface area contributed by atoms with Crippen molar-refractivity contribution >= 4 is 15.8 Å². The fourth-order valence-corrected chi connectivity index (χ4v) is 2.11. The van der Waals surface area contributed by atoms with Gasteiger partial charge in [0.15, 0.2) is 0 Å². The Hall–Kier alpha value is -0.762. The van der Waals surface area contributed by atoms with Gasteiger partial charge in [-0.15, -0.1) is 0 Å². The molecule has 1 aromatic heterocycles. The average molecular weight is 216 g/mol. The van der Waals surface area contributed by atoms with Gasteiger partial charge >= 0.3 is 69.2 Å². The van der Waals surface area contributed by atoms with Crippen LogP contribution in [-0.2, 0) is 5.21 Å². The zero-order valence-corrected chi connectivity index (χ0v) is 8.20. The van der Waals surface area contributed by atoms with Crippen molar-refractivity contribution < 1.29 is 0 Å². The first-order valence-electron chi connectivity index (χ1n) is 3.19. The van der Waals surface area contributed by atoms with Gasteiger partial charge in [-0.2, -0.15) is 0 Å². The third-order valence-corrected chi connectivity index (χ3v) is 2.80. The summed E-state index contributed by atoms with van der Waals surface area (Å²) in [7, 11) is 0. The molecule has 1 rings (SSSR count). The summed E-state index contributed by atoms with van der Waals surface area (Å²) in [4.78, 5) is 26.1. The first-order valence-corrected chi connectivity index (χ1v) is 6.77. The summed E-state index contributed by atoms with van der Waals surface area (Å²) < 4.78 is 0. The van der Waals surface area contributed by atoms with Gasteiger partial charge in [-0.25, -0.2) is 0 Å². The molecule has 0 fully saturated rings. The molecular weight excluding hydrogens is 207 g/mol. The second-order valence-electron chi connectivity index (χ2n) is 2.13. The van der Waals surface area contributed by atoms with Crippen molar-refractivity contribution in [3.8, 4) is 0 Å². The molecule has 0 saturated carbocycles. The number of hydrogen-bond acceptors (Lipinski definition) is 2. The Morgan fingerprint density at radius 2 is 2.27 bits per heavy atom. The van der Waals surface area contributed by atoms with Crippen molar-refractivity contribution in [3.63, 3.8) is 0 Å². The number of aromatic amines is 2. The second kappa shape index (κ2) is 3.58. The van der Waals surface area contributed by atoms with E-state index in [0.717, 1.165) is 5.21 Å². The molecule has 1 unspecified atom stereocenters. The van der Waals surface area contributed by atoms with Crippen LogP contribution >= 0.6 is 0 Å². The molecule has 1 atom stereocenters. The molecule has 0 saturated heterocycles. The molecule has 0 radical (unpaired) electrons. The second-order valence-corrected chi connectivity index (χ2v) is 4.35. The minimum absolute atomic E-state index is 0.0542. The van der Waals surface area contributed by atoms with Crippen molar-refractivity contribution in [3.05, 3.63) is 32.6 Å². The Labute approximate surface area is 69.7 Å². The van der Waals surface area contributed by atoms with Gasteiger partial charge in [0, 0.05) is 0 Å². The van der Waals surface area contributed by atoms with Gasteiger partial charge in [0.2, 0.25) is 0 Å². The van der Waals surface area contributed by atoms with Crippen LogP contribution in [0, 0.1) is 0 Å². The predicted octanol–water partition coefficient (Wildman–Crippen LogP) is -0.952. The maximum absolute atomic E-state index is 11.0. The number of hydrogen-bond donors (Lipinski definition) is 2. The molecule has 5 heteroatoms. The number of H-pyrrole nitrogens is 2. The molecule has 0 aliphatic rings. The molecule has 60 valence electrons. The summed E-state index contributed by atoms with van der Waals surface area (Å²) in [6.45, 7) is 0. The van der Waals surface area contributed by atoms with E-state index in [2.05, 4.69) is 15.7 Å². The predicted molar refractivity (Wildman–Crippen MR) is 44.4 cm³/mol. The normalized spacial score (nSPS) is 11.0. The zero-order valence-electron chi connectivity index (χ0n) is 6.10. The van der Waals surface area contributed by atoms with Crippen molar-refractivity contribution in [2.24, 2.45) is 0 Å². The molecular formula is C6H9AsN2O2. The molecule has 0 spiro atoms. The number of rotatable bonds is 2. The van der Waals surface area contributed by atoms with Crippen LogP contribution in [0.1, 0.15) is 5.56 Å². The number of aromatic nitrogens is 2. The van der Waals surface area contributed by atoms with Gasteiger partial charge in [0.1, 0.15) is 0 Å². The van der Waals surface area contributed by atoms with Crippen LogP contribution in [0.2, 0.25) is 5.71 Å². The van der Waals surface area contributed by atoms with Gasteiger partial charge in [-0.1, -0.05) is 0 Å². The van der Waals surface area contributed by atoms with Gasteiger partial charge in [-0.05, 0) is 0 Å². The number of nitrogens with one attached hydrogen (secondary N) is 2. The molecule has 1 aromatic rings.